The Morgan fingerprint density at radius 1 is 1.22 bits per heavy atom. The Bertz CT molecular complexity index is 561. The van der Waals surface area contributed by atoms with E-state index >= 15 is 0 Å². The summed E-state index contributed by atoms with van der Waals surface area (Å²) in [5.74, 6) is -0.200. The standard InChI is InChI=1S/C21H37NO4Si/c1-7-8-9-10-18(26-27(4,5)6)13-11-17-12-15-20(22-25-3)19(17)14-16-21(23)24-2/h11,13,18H,7-10,12,14-16H2,1-6H3/b13-11+,22-20-/t18-/m0/s1. The molecule has 6 heteroatoms. The first-order valence-corrected chi connectivity index (χ1v) is 13.5. The minimum atomic E-state index is -1.61. The zero-order valence-corrected chi connectivity index (χ0v) is 19.0. The second-order valence-electron chi connectivity index (χ2n) is 7.92. The molecule has 0 heterocycles. The summed E-state index contributed by atoms with van der Waals surface area (Å²) in [4.78, 5) is 16.5. The van der Waals surface area contributed by atoms with Gasteiger partial charge < -0.3 is 14.0 Å². The highest BCUT2D eigenvalue weighted by molar-refractivity contribution is 6.69. The number of ether oxygens (including phenoxy) is 1. The summed E-state index contributed by atoms with van der Waals surface area (Å²) in [6.45, 7) is 8.91. The van der Waals surface area contributed by atoms with Crippen LogP contribution in [0.3, 0.4) is 0 Å². The molecule has 0 aliphatic heterocycles. The molecule has 27 heavy (non-hydrogen) atoms. The van der Waals surface area contributed by atoms with Crippen LogP contribution in [0.4, 0.5) is 0 Å². The lowest BCUT2D eigenvalue weighted by atomic mass is 10.0. The van der Waals surface area contributed by atoms with E-state index in [-0.39, 0.29) is 12.1 Å². The van der Waals surface area contributed by atoms with Crippen molar-refractivity contribution < 1.29 is 18.8 Å². The monoisotopic (exact) mass is 395 g/mol. The van der Waals surface area contributed by atoms with Gasteiger partial charge in [-0.2, -0.15) is 0 Å². The summed E-state index contributed by atoms with van der Waals surface area (Å²) in [6.07, 6.45) is 12.0. The highest BCUT2D eigenvalue weighted by Gasteiger charge is 2.23. The van der Waals surface area contributed by atoms with Crippen molar-refractivity contribution in [1.29, 1.82) is 0 Å². The number of unbranched alkanes of at least 4 members (excludes halogenated alkanes) is 2. The van der Waals surface area contributed by atoms with Crippen LogP contribution < -0.4 is 0 Å². The van der Waals surface area contributed by atoms with Crippen LogP contribution >= 0.6 is 0 Å². The predicted molar refractivity (Wildman–Crippen MR) is 113 cm³/mol. The summed E-state index contributed by atoms with van der Waals surface area (Å²) in [5.41, 5.74) is 3.28. The van der Waals surface area contributed by atoms with Crippen LogP contribution in [0.15, 0.2) is 28.5 Å². The maximum Gasteiger partial charge on any atom is 0.305 e. The Morgan fingerprint density at radius 2 is 1.96 bits per heavy atom. The van der Waals surface area contributed by atoms with Gasteiger partial charge in [0, 0.05) is 6.42 Å². The lowest BCUT2D eigenvalue weighted by Gasteiger charge is -2.24. The third-order valence-corrected chi connectivity index (χ3v) is 5.49. The minimum absolute atomic E-state index is 0.154. The highest BCUT2D eigenvalue weighted by atomic mass is 28.4. The van der Waals surface area contributed by atoms with Crippen LogP contribution in [0.2, 0.25) is 19.6 Å². The number of allylic oxidation sites excluding steroid dienone is 3. The van der Waals surface area contributed by atoms with Gasteiger partial charge in [-0.3, -0.25) is 4.79 Å². The zero-order valence-electron chi connectivity index (χ0n) is 18.0. The van der Waals surface area contributed by atoms with E-state index in [0.29, 0.717) is 12.8 Å². The molecule has 0 aromatic heterocycles. The minimum Gasteiger partial charge on any atom is -0.469 e. The number of hydrogen-bond acceptors (Lipinski definition) is 5. The molecule has 0 saturated heterocycles. The number of esters is 1. The summed E-state index contributed by atoms with van der Waals surface area (Å²) in [5, 5.41) is 4.15. The van der Waals surface area contributed by atoms with Crippen molar-refractivity contribution in [3.05, 3.63) is 23.3 Å². The van der Waals surface area contributed by atoms with E-state index in [4.69, 9.17) is 14.0 Å². The molecule has 0 aromatic carbocycles. The highest BCUT2D eigenvalue weighted by Crippen LogP contribution is 2.29. The van der Waals surface area contributed by atoms with Gasteiger partial charge in [0.2, 0.25) is 0 Å². The molecular weight excluding hydrogens is 358 g/mol. The normalized spacial score (nSPS) is 17.8. The van der Waals surface area contributed by atoms with Gasteiger partial charge in [-0.05, 0) is 56.5 Å². The molecule has 5 nitrogen and oxygen atoms in total. The molecule has 1 rings (SSSR count). The second-order valence-corrected chi connectivity index (χ2v) is 12.4. The molecule has 1 aliphatic rings. The van der Waals surface area contributed by atoms with Crippen LogP contribution in [-0.2, 0) is 18.8 Å². The number of carbonyl (C=O) groups excluding carboxylic acids is 1. The van der Waals surface area contributed by atoms with Gasteiger partial charge in [-0.1, -0.05) is 43.5 Å². The summed E-state index contributed by atoms with van der Waals surface area (Å²) >= 11 is 0. The van der Waals surface area contributed by atoms with Crippen molar-refractivity contribution in [2.24, 2.45) is 5.16 Å². The number of rotatable bonds is 12. The molecule has 0 aromatic rings. The molecule has 154 valence electrons. The van der Waals surface area contributed by atoms with Crippen molar-refractivity contribution in [3.63, 3.8) is 0 Å². The molecule has 0 saturated carbocycles. The fourth-order valence-corrected chi connectivity index (χ4v) is 4.34. The van der Waals surface area contributed by atoms with Crippen LogP contribution in [0.5, 0.6) is 0 Å². The number of carbonyl (C=O) groups is 1. The average molecular weight is 396 g/mol. The smallest absolute Gasteiger partial charge is 0.305 e. The number of nitrogens with zero attached hydrogens (tertiary/aromatic N) is 1. The molecule has 0 spiro atoms. The van der Waals surface area contributed by atoms with E-state index in [1.54, 1.807) is 7.11 Å². The van der Waals surface area contributed by atoms with Crippen molar-refractivity contribution in [3.8, 4) is 0 Å². The number of methoxy groups -OCH3 is 1. The first-order chi connectivity index (χ1) is 12.8. The van der Waals surface area contributed by atoms with E-state index in [2.05, 4.69) is 43.9 Å². The van der Waals surface area contributed by atoms with E-state index in [9.17, 15) is 4.79 Å². The molecule has 1 atom stereocenters. The topological polar surface area (TPSA) is 57.1 Å². The van der Waals surface area contributed by atoms with E-state index in [1.807, 2.05) is 0 Å². The SMILES string of the molecule is CCCCC[C@@H](/C=C/C1=C(CCC(=O)OC)C(=N\OC)/CC1)O[Si](C)(C)C. The Hall–Kier alpha value is -1.40. The number of oxime groups is 1. The Balaban J connectivity index is 2.94. The van der Waals surface area contributed by atoms with Gasteiger partial charge >= 0.3 is 5.97 Å². The lowest BCUT2D eigenvalue weighted by molar-refractivity contribution is -0.140. The maximum atomic E-state index is 11.6. The zero-order chi connectivity index (χ0) is 20.3. The summed E-state index contributed by atoms with van der Waals surface area (Å²) < 4.78 is 11.2. The third-order valence-electron chi connectivity index (χ3n) is 4.48. The van der Waals surface area contributed by atoms with Crippen LogP contribution in [0.25, 0.3) is 0 Å². The van der Waals surface area contributed by atoms with Crippen molar-refractivity contribution in [2.45, 2.75) is 84.0 Å². The van der Waals surface area contributed by atoms with Gasteiger partial charge in [0.05, 0.1) is 18.9 Å². The molecule has 0 N–H and O–H groups in total. The van der Waals surface area contributed by atoms with E-state index in [0.717, 1.165) is 30.5 Å². The molecule has 1 aliphatic carbocycles. The lowest BCUT2D eigenvalue weighted by Crippen LogP contribution is -2.31. The van der Waals surface area contributed by atoms with Crippen molar-refractivity contribution in [1.82, 2.24) is 0 Å². The van der Waals surface area contributed by atoms with Crippen LogP contribution in [0, 0.1) is 0 Å². The Kier molecular flexibility index (Phi) is 10.6. The number of hydrogen-bond donors (Lipinski definition) is 0. The molecular formula is C21H37NO4Si. The van der Waals surface area contributed by atoms with Gasteiger partial charge in [0.15, 0.2) is 8.32 Å². The van der Waals surface area contributed by atoms with Gasteiger partial charge in [0.1, 0.15) is 7.11 Å². The summed E-state index contributed by atoms with van der Waals surface area (Å²) in [6, 6.07) is 0. The molecule has 0 amide bonds. The van der Waals surface area contributed by atoms with E-state index < -0.39 is 8.32 Å². The van der Waals surface area contributed by atoms with Crippen LogP contribution in [-0.4, -0.2) is 40.3 Å². The van der Waals surface area contributed by atoms with Gasteiger partial charge in [-0.25, -0.2) is 0 Å². The van der Waals surface area contributed by atoms with Gasteiger partial charge in [-0.15, -0.1) is 0 Å². The van der Waals surface area contributed by atoms with Crippen molar-refractivity contribution in [2.75, 3.05) is 14.2 Å². The summed E-state index contributed by atoms with van der Waals surface area (Å²) in [7, 11) is 1.37. The fraction of sp³-hybridized carbons (Fsp3) is 0.714. The Morgan fingerprint density at radius 3 is 2.56 bits per heavy atom. The largest absolute Gasteiger partial charge is 0.469 e. The van der Waals surface area contributed by atoms with Crippen LogP contribution in [0.1, 0.15) is 58.3 Å². The predicted octanol–water partition coefficient (Wildman–Crippen LogP) is 5.39. The molecule has 0 fully saturated rings. The quantitative estimate of drug-likeness (QED) is 0.192. The van der Waals surface area contributed by atoms with E-state index in [1.165, 1.54) is 31.9 Å². The maximum absolute atomic E-state index is 11.6. The third kappa shape index (κ3) is 9.38. The molecule has 0 bridgehead atoms. The van der Waals surface area contributed by atoms with Crippen molar-refractivity contribution >= 4 is 20.0 Å². The van der Waals surface area contributed by atoms with Gasteiger partial charge in [0.25, 0.3) is 0 Å². The fourth-order valence-electron chi connectivity index (χ4n) is 3.24. The second kappa shape index (κ2) is 12.1. The first-order valence-electron chi connectivity index (χ1n) is 10.1. The molecule has 0 unspecified atom stereocenters. The Labute approximate surface area is 166 Å². The first kappa shape index (κ1) is 23.6. The average Bonchev–Trinajstić information content (AvgIpc) is 2.98. The molecule has 0 radical (unpaired) electrons.